The van der Waals surface area contributed by atoms with Gasteiger partial charge in [0.1, 0.15) is 11.6 Å². The number of hydrogen-bond acceptors (Lipinski definition) is 5. The highest BCUT2D eigenvalue weighted by atomic mass is 19.1. The molecule has 0 aliphatic carbocycles. The molecule has 0 aliphatic heterocycles. The molecule has 0 fully saturated rings. The monoisotopic (exact) mass is 356 g/mol. The average Bonchev–Trinajstić information content (AvgIpc) is 3.09. The van der Waals surface area contributed by atoms with Crippen LogP contribution in [0.3, 0.4) is 0 Å². The maximum Gasteiger partial charge on any atom is 0.331 e. The summed E-state index contributed by atoms with van der Waals surface area (Å²) < 4.78 is 36.6. The predicted octanol–water partition coefficient (Wildman–Crippen LogP) is 4.08. The molecule has 0 bridgehead atoms. The fourth-order valence-electron chi connectivity index (χ4n) is 2.12. The van der Waals surface area contributed by atoms with E-state index in [9.17, 15) is 13.6 Å². The summed E-state index contributed by atoms with van der Waals surface area (Å²) in [6.45, 7) is 1.42. The molecule has 0 saturated heterocycles. The lowest BCUT2D eigenvalue weighted by atomic mass is 10.1. The summed E-state index contributed by atoms with van der Waals surface area (Å²) in [5, 5.41) is 3.73. The summed E-state index contributed by atoms with van der Waals surface area (Å²) in [6, 6.07) is 10.4. The van der Waals surface area contributed by atoms with Crippen LogP contribution in [0.5, 0.6) is 0 Å². The zero-order chi connectivity index (χ0) is 18.5. The SMILES string of the molecule is Cc1ccc(-c2noc(COC(=O)/C=C/c3cccc(F)c3)n2)cc1F. The lowest BCUT2D eigenvalue weighted by Gasteiger charge is -1.98. The number of carbonyl (C=O) groups excluding carboxylic acids is 1. The van der Waals surface area contributed by atoms with Crippen LogP contribution in [0.2, 0.25) is 0 Å². The smallest absolute Gasteiger partial charge is 0.331 e. The molecule has 0 amide bonds. The molecule has 0 aliphatic rings. The highest BCUT2D eigenvalue weighted by molar-refractivity contribution is 5.86. The van der Waals surface area contributed by atoms with Crippen LogP contribution in [0.1, 0.15) is 17.0 Å². The Kier molecular flexibility index (Phi) is 5.17. The zero-order valence-electron chi connectivity index (χ0n) is 13.8. The van der Waals surface area contributed by atoms with Crippen LogP contribution in [-0.4, -0.2) is 16.1 Å². The summed E-state index contributed by atoms with van der Waals surface area (Å²) in [5.41, 5.74) is 1.50. The first-order valence-corrected chi connectivity index (χ1v) is 7.71. The summed E-state index contributed by atoms with van der Waals surface area (Å²) in [7, 11) is 0. The van der Waals surface area contributed by atoms with Gasteiger partial charge < -0.3 is 9.26 Å². The molecule has 5 nitrogen and oxygen atoms in total. The number of hydrogen-bond donors (Lipinski definition) is 0. The normalized spacial score (nSPS) is 11.0. The minimum atomic E-state index is -0.643. The standard InChI is InChI=1S/C19H14F2N2O3/c1-12-5-7-14(10-16(12)21)19-22-17(26-23-19)11-25-18(24)8-6-13-3-2-4-15(20)9-13/h2-10H,11H2,1H3/b8-6+. The van der Waals surface area contributed by atoms with E-state index in [1.54, 1.807) is 25.1 Å². The topological polar surface area (TPSA) is 65.2 Å². The molecule has 3 aromatic rings. The first-order chi connectivity index (χ1) is 12.5. The van der Waals surface area contributed by atoms with Gasteiger partial charge in [-0.25, -0.2) is 13.6 Å². The number of aryl methyl sites for hydroxylation is 1. The van der Waals surface area contributed by atoms with Gasteiger partial charge in [-0.2, -0.15) is 4.98 Å². The van der Waals surface area contributed by atoms with Gasteiger partial charge in [-0.1, -0.05) is 29.4 Å². The minimum Gasteiger partial charge on any atom is -0.452 e. The van der Waals surface area contributed by atoms with E-state index in [0.717, 1.165) is 0 Å². The van der Waals surface area contributed by atoms with Crippen LogP contribution in [-0.2, 0) is 16.1 Å². The molecule has 0 unspecified atom stereocenters. The summed E-state index contributed by atoms with van der Waals surface area (Å²) in [6.07, 6.45) is 2.60. The Hall–Kier alpha value is -3.35. The Balaban J connectivity index is 1.59. The quantitative estimate of drug-likeness (QED) is 0.509. The predicted molar refractivity (Wildman–Crippen MR) is 89.7 cm³/mol. The van der Waals surface area contributed by atoms with Gasteiger partial charge in [0.15, 0.2) is 6.61 Å². The maximum absolute atomic E-state index is 13.6. The second-order valence-corrected chi connectivity index (χ2v) is 5.47. The van der Waals surface area contributed by atoms with E-state index in [-0.39, 0.29) is 24.1 Å². The van der Waals surface area contributed by atoms with Crippen LogP contribution in [0.4, 0.5) is 8.78 Å². The highest BCUT2D eigenvalue weighted by Gasteiger charge is 2.11. The third-order valence-corrected chi connectivity index (χ3v) is 3.50. The van der Waals surface area contributed by atoms with E-state index >= 15 is 0 Å². The van der Waals surface area contributed by atoms with Gasteiger partial charge in [0.05, 0.1) is 0 Å². The lowest BCUT2D eigenvalue weighted by Crippen LogP contribution is -2.01. The van der Waals surface area contributed by atoms with Crippen molar-refractivity contribution >= 4 is 12.0 Å². The van der Waals surface area contributed by atoms with Crippen molar-refractivity contribution in [2.45, 2.75) is 13.5 Å². The lowest BCUT2D eigenvalue weighted by molar-refractivity contribution is -0.139. The summed E-state index contributed by atoms with van der Waals surface area (Å²) in [4.78, 5) is 15.7. The number of aromatic nitrogens is 2. The molecule has 1 aromatic heterocycles. The van der Waals surface area contributed by atoms with Gasteiger partial charge in [0.25, 0.3) is 5.89 Å². The molecule has 0 radical (unpaired) electrons. The molecular weight excluding hydrogens is 342 g/mol. The molecule has 26 heavy (non-hydrogen) atoms. The van der Waals surface area contributed by atoms with Crippen LogP contribution < -0.4 is 0 Å². The number of rotatable bonds is 5. The highest BCUT2D eigenvalue weighted by Crippen LogP contribution is 2.19. The van der Waals surface area contributed by atoms with Crippen molar-refractivity contribution in [2.24, 2.45) is 0 Å². The van der Waals surface area contributed by atoms with Gasteiger partial charge >= 0.3 is 5.97 Å². The third-order valence-electron chi connectivity index (χ3n) is 3.50. The summed E-state index contributed by atoms with van der Waals surface area (Å²) >= 11 is 0. The molecule has 0 saturated carbocycles. The number of halogens is 2. The second-order valence-electron chi connectivity index (χ2n) is 5.47. The number of carbonyl (C=O) groups is 1. The van der Waals surface area contributed by atoms with Crippen molar-refractivity contribution in [1.29, 1.82) is 0 Å². The van der Waals surface area contributed by atoms with Crippen molar-refractivity contribution in [3.05, 3.63) is 77.2 Å². The van der Waals surface area contributed by atoms with E-state index < -0.39 is 11.8 Å². The van der Waals surface area contributed by atoms with E-state index in [0.29, 0.717) is 16.7 Å². The van der Waals surface area contributed by atoms with Crippen LogP contribution in [0.15, 0.2) is 53.1 Å². The van der Waals surface area contributed by atoms with Crippen LogP contribution in [0, 0.1) is 18.6 Å². The van der Waals surface area contributed by atoms with Crippen LogP contribution >= 0.6 is 0 Å². The molecule has 7 heteroatoms. The third kappa shape index (κ3) is 4.38. The fraction of sp³-hybridized carbons (Fsp3) is 0.105. The molecule has 0 atom stereocenters. The van der Waals surface area contributed by atoms with Crippen molar-refractivity contribution in [3.8, 4) is 11.4 Å². The number of benzene rings is 2. The first-order valence-electron chi connectivity index (χ1n) is 7.71. The number of ether oxygens (including phenoxy) is 1. The van der Waals surface area contributed by atoms with Gasteiger partial charge in [-0.05, 0) is 42.3 Å². The Bertz CT molecular complexity index is 967. The molecule has 0 spiro atoms. The van der Waals surface area contributed by atoms with Gasteiger partial charge in [-0.15, -0.1) is 0 Å². The molecule has 2 aromatic carbocycles. The van der Waals surface area contributed by atoms with Crippen molar-refractivity contribution < 1.29 is 22.8 Å². The Morgan fingerprint density at radius 1 is 1.23 bits per heavy atom. The fourth-order valence-corrected chi connectivity index (χ4v) is 2.12. The van der Waals surface area contributed by atoms with E-state index in [1.165, 1.54) is 36.4 Å². The van der Waals surface area contributed by atoms with Gasteiger partial charge in [0.2, 0.25) is 5.82 Å². The second kappa shape index (κ2) is 7.69. The molecule has 3 rings (SSSR count). The Labute approximate surface area is 147 Å². The van der Waals surface area contributed by atoms with Crippen molar-refractivity contribution in [2.75, 3.05) is 0 Å². The Morgan fingerprint density at radius 2 is 2.08 bits per heavy atom. The van der Waals surface area contributed by atoms with E-state index in [1.807, 2.05) is 0 Å². The maximum atomic E-state index is 13.6. The zero-order valence-corrected chi connectivity index (χ0v) is 13.8. The van der Waals surface area contributed by atoms with E-state index in [2.05, 4.69) is 10.1 Å². The van der Waals surface area contributed by atoms with Crippen LogP contribution in [0.25, 0.3) is 17.5 Å². The van der Waals surface area contributed by atoms with E-state index in [4.69, 9.17) is 9.26 Å². The van der Waals surface area contributed by atoms with Crippen molar-refractivity contribution in [3.63, 3.8) is 0 Å². The number of nitrogens with zero attached hydrogens (tertiary/aromatic N) is 2. The van der Waals surface area contributed by atoms with Crippen molar-refractivity contribution in [1.82, 2.24) is 10.1 Å². The average molecular weight is 356 g/mol. The molecule has 132 valence electrons. The molecule has 0 N–H and O–H groups in total. The minimum absolute atomic E-state index is 0.0773. The summed E-state index contributed by atoms with van der Waals surface area (Å²) in [5.74, 6) is -1.14. The van der Waals surface area contributed by atoms with Gasteiger partial charge in [-0.3, -0.25) is 0 Å². The Morgan fingerprint density at radius 3 is 2.85 bits per heavy atom. The molecular formula is C19H14F2N2O3. The molecule has 1 heterocycles. The number of esters is 1. The van der Waals surface area contributed by atoms with Gasteiger partial charge in [0, 0.05) is 11.6 Å². The first kappa shape index (κ1) is 17.5. The largest absolute Gasteiger partial charge is 0.452 e.